The lowest BCUT2D eigenvalue weighted by molar-refractivity contribution is 0.418. The third-order valence-electron chi connectivity index (χ3n) is 2.32. The molecular weight excluding hydrogens is 217 g/mol. The number of hydrogen-bond donors (Lipinski definition) is 2. The number of nitrogens with one attached hydrogen (secondary N) is 2. The Kier molecular flexibility index (Phi) is 4.87. The van der Waals surface area contributed by atoms with Crippen LogP contribution in [0.15, 0.2) is 12.3 Å². The molecule has 0 atom stereocenters. The van der Waals surface area contributed by atoms with Crippen LogP contribution < -0.4 is 10.6 Å². The van der Waals surface area contributed by atoms with E-state index in [1.54, 1.807) is 12.3 Å². The lowest BCUT2D eigenvalue weighted by Crippen LogP contribution is -2.35. The molecular formula is C13H22FN3. The molecule has 1 heterocycles. The van der Waals surface area contributed by atoms with Crippen molar-refractivity contribution in [1.29, 1.82) is 0 Å². The van der Waals surface area contributed by atoms with Gasteiger partial charge in [-0.2, -0.15) is 0 Å². The number of hydrogen-bond acceptors (Lipinski definition) is 3. The predicted octanol–water partition coefficient (Wildman–Crippen LogP) is 2.93. The standard InChI is InChI=1S/C13H22FN3/c1-5-7-15-12-11(14)10(6-8-16-12)9-17-13(2,3)4/h6,8,17H,5,7,9H2,1-4H3,(H,15,16). The average Bonchev–Trinajstić information content (AvgIpc) is 2.25. The molecule has 17 heavy (non-hydrogen) atoms. The molecule has 4 heteroatoms. The molecule has 0 spiro atoms. The van der Waals surface area contributed by atoms with Gasteiger partial charge in [0.15, 0.2) is 11.6 Å². The fourth-order valence-electron chi connectivity index (χ4n) is 1.35. The Morgan fingerprint density at radius 1 is 1.35 bits per heavy atom. The predicted molar refractivity (Wildman–Crippen MR) is 69.6 cm³/mol. The van der Waals surface area contributed by atoms with Gasteiger partial charge in [-0.15, -0.1) is 0 Å². The molecule has 96 valence electrons. The molecule has 0 unspecified atom stereocenters. The molecule has 0 aromatic carbocycles. The molecule has 1 rings (SSSR count). The maximum Gasteiger partial charge on any atom is 0.169 e. The van der Waals surface area contributed by atoms with Gasteiger partial charge in [-0.3, -0.25) is 0 Å². The molecule has 0 aliphatic carbocycles. The highest BCUT2D eigenvalue weighted by atomic mass is 19.1. The maximum atomic E-state index is 14.0. The summed E-state index contributed by atoms with van der Waals surface area (Å²) in [5.74, 6) is 0.0951. The van der Waals surface area contributed by atoms with Crippen LogP contribution in [-0.2, 0) is 6.54 Å². The first-order valence-electron chi connectivity index (χ1n) is 6.06. The van der Waals surface area contributed by atoms with Gasteiger partial charge in [-0.05, 0) is 33.3 Å². The second kappa shape index (κ2) is 5.96. The van der Waals surface area contributed by atoms with E-state index in [1.807, 2.05) is 6.92 Å². The average molecular weight is 239 g/mol. The van der Waals surface area contributed by atoms with Crippen LogP contribution in [0, 0.1) is 5.82 Å². The molecule has 0 saturated carbocycles. The van der Waals surface area contributed by atoms with Crippen molar-refractivity contribution in [2.24, 2.45) is 0 Å². The van der Waals surface area contributed by atoms with Crippen LogP contribution >= 0.6 is 0 Å². The lowest BCUT2D eigenvalue weighted by Gasteiger charge is -2.21. The Bertz CT molecular complexity index is 358. The van der Waals surface area contributed by atoms with Crippen molar-refractivity contribution >= 4 is 5.82 Å². The van der Waals surface area contributed by atoms with Gasteiger partial charge in [0.05, 0.1) is 0 Å². The minimum atomic E-state index is -0.252. The van der Waals surface area contributed by atoms with E-state index in [1.165, 1.54) is 0 Å². The number of anilines is 1. The summed E-state index contributed by atoms with van der Waals surface area (Å²) < 4.78 is 14.0. The van der Waals surface area contributed by atoms with Gasteiger partial charge in [-0.1, -0.05) is 6.92 Å². The summed E-state index contributed by atoms with van der Waals surface area (Å²) in [6.07, 6.45) is 2.59. The van der Waals surface area contributed by atoms with Crippen molar-refractivity contribution in [3.05, 3.63) is 23.6 Å². The summed E-state index contributed by atoms with van der Waals surface area (Å²) in [6.45, 7) is 9.46. The molecule has 0 fully saturated rings. The molecule has 0 amide bonds. The first-order valence-corrected chi connectivity index (χ1v) is 6.06. The van der Waals surface area contributed by atoms with Crippen molar-refractivity contribution in [3.63, 3.8) is 0 Å². The monoisotopic (exact) mass is 239 g/mol. The molecule has 0 aliphatic rings. The number of halogens is 1. The van der Waals surface area contributed by atoms with Crippen LogP contribution in [0.4, 0.5) is 10.2 Å². The number of rotatable bonds is 5. The van der Waals surface area contributed by atoms with E-state index in [9.17, 15) is 4.39 Å². The quantitative estimate of drug-likeness (QED) is 0.829. The Hall–Kier alpha value is -1.16. The summed E-state index contributed by atoms with van der Waals surface area (Å²) in [5, 5.41) is 6.25. The Labute approximate surface area is 103 Å². The third-order valence-corrected chi connectivity index (χ3v) is 2.32. The van der Waals surface area contributed by atoms with Gasteiger partial charge in [0.2, 0.25) is 0 Å². The zero-order chi connectivity index (χ0) is 12.9. The highest BCUT2D eigenvalue weighted by Crippen LogP contribution is 2.15. The molecule has 3 nitrogen and oxygen atoms in total. The van der Waals surface area contributed by atoms with E-state index in [0.29, 0.717) is 17.9 Å². The van der Waals surface area contributed by atoms with Crippen molar-refractivity contribution in [2.75, 3.05) is 11.9 Å². The summed E-state index contributed by atoms with van der Waals surface area (Å²) in [6, 6.07) is 1.71. The number of aromatic nitrogens is 1. The van der Waals surface area contributed by atoms with E-state index >= 15 is 0 Å². The summed E-state index contributed by atoms with van der Waals surface area (Å²) in [7, 11) is 0. The fraction of sp³-hybridized carbons (Fsp3) is 0.615. The lowest BCUT2D eigenvalue weighted by atomic mass is 10.1. The van der Waals surface area contributed by atoms with E-state index < -0.39 is 0 Å². The van der Waals surface area contributed by atoms with Crippen LogP contribution in [0.2, 0.25) is 0 Å². The largest absolute Gasteiger partial charge is 0.368 e. The minimum Gasteiger partial charge on any atom is -0.368 e. The van der Waals surface area contributed by atoms with Gasteiger partial charge in [0.1, 0.15) is 0 Å². The molecule has 0 radical (unpaired) electrons. The number of nitrogens with zero attached hydrogens (tertiary/aromatic N) is 1. The normalized spacial score (nSPS) is 11.6. The second-order valence-electron chi connectivity index (χ2n) is 5.16. The zero-order valence-electron chi connectivity index (χ0n) is 11.1. The van der Waals surface area contributed by atoms with Crippen LogP contribution in [0.3, 0.4) is 0 Å². The molecule has 1 aromatic rings. The smallest absolute Gasteiger partial charge is 0.169 e. The van der Waals surface area contributed by atoms with Gasteiger partial charge in [0, 0.05) is 30.4 Å². The third kappa shape index (κ3) is 4.69. The number of pyridine rings is 1. The molecule has 2 N–H and O–H groups in total. The van der Waals surface area contributed by atoms with Crippen molar-refractivity contribution in [2.45, 2.75) is 46.2 Å². The first kappa shape index (κ1) is 13.9. The van der Waals surface area contributed by atoms with Gasteiger partial charge >= 0.3 is 0 Å². The highest BCUT2D eigenvalue weighted by Gasteiger charge is 2.12. The van der Waals surface area contributed by atoms with Crippen molar-refractivity contribution in [3.8, 4) is 0 Å². The summed E-state index contributed by atoms with van der Waals surface area (Å²) in [5.41, 5.74) is 0.626. The van der Waals surface area contributed by atoms with Crippen molar-refractivity contribution in [1.82, 2.24) is 10.3 Å². The molecule has 0 bridgehead atoms. The van der Waals surface area contributed by atoms with E-state index in [-0.39, 0.29) is 11.4 Å². The molecule has 0 aliphatic heterocycles. The van der Waals surface area contributed by atoms with Crippen LogP contribution in [0.25, 0.3) is 0 Å². The van der Waals surface area contributed by atoms with E-state index in [4.69, 9.17) is 0 Å². The van der Waals surface area contributed by atoms with Gasteiger partial charge in [-0.25, -0.2) is 9.37 Å². The summed E-state index contributed by atoms with van der Waals surface area (Å²) >= 11 is 0. The SMILES string of the molecule is CCCNc1nccc(CNC(C)(C)C)c1F. The van der Waals surface area contributed by atoms with E-state index in [0.717, 1.165) is 13.0 Å². The van der Waals surface area contributed by atoms with Crippen LogP contribution in [0.1, 0.15) is 39.7 Å². The first-order chi connectivity index (χ1) is 7.94. The maximum absolute atomic E-state index is 14.0. The Morgan fingerprint density at radius 2 is 2.06 bits per heavy atom. The molecule has 1 aromatic heterocycles. The van der Waals surface area contributed by atoms with Crippen molar-refractivity contribution < 1.29 is 4.39 Å². The van der Waals surface area contributed by atoms with Gasteiger partial charge < -0.3 is 10.6 Å². The fourth-order valence-corrected chi connectivity index (χ4v) is 1.35. The minimum absolute atomic E-state index is 0.0211. The summed E-state index contributed by atoms with van der Waals surface area (Å²) in [4.78, 5) is 4.01. The van der Waals surface area contributed by atoms with Crippen LogP contribution in [0.5, 0.6) is 0 Å². The Balaban J connectivity index is 2.72. The molecule has 0 saturated heterocycles. The van der Waals surface area contributed by atoms with Gasteiger partial charge in [0.25, 0.3) is 0 Å². The van der Waals surface area contributed by atoms with E-state index in [2.05, 4.69) is 36.4 Å². The van der Waals surface area contributed by atoms with Crippen LogP contribution in [-0.4, -0.2) is 17.1 Å². The second-order valence-corrected chi connectivity index (χ2v) is 5.16. The topological polar surface area (TPSA) is 37.0 Å². The zero-order valence-corrected chi connectivity index (χ0v) is 11.1. The Morgan fingerprint density at radius 3 is 2.65 bits per heavy atom. The highest BCUT2D eigenvalue weighted by molar-refractivity contribution is 5.39.